The minimum absolute atomic E-state index is 0.156. The van der Waals surface area contributed by atoms with Crippen molar-refractivity contribution in [2.45, 2.75) is 6.10 Å². The molecule has 0 aliphatic carbocycles. The minimum Gasteiger partial charge on any atom is -0.459 e. The summed E-state index contributed by atoms with van der Waals surface area (Å²) in [6.45, 7) is 0.156. The van der Waals surface area contributed by atoms with Crippen LogP contribution in [-0.4, -0.2) is 17.6 Å². The van der Waals surface area contributed by atoms with Gasteiger partial charge in [0.05, 0.1) is 12.4 Å². The number of hydrogen-bond acceptors (Lipinski definition) is 3. The molecule has 0 saturated carbocycles. The van der Waals surface area contributed by atoms with Crippen LogP contribution in [0.3, 0.4) is 0 Å². The monoisotopic (exact) mass is 231 g/mol. The Labute approximate surface area is 98.9 Å². The van der Waals surface area contributed by atoms with Crippen LogP contribution in [0, 0.1) is 0 Å². The number of aliphatic hydroxyl groups excluding tert-OH is 1. The number of rotatable bonds is 4. The van der Waals surface area contributed by atoms with Gasteiger partial charge in [-0.3, -0.25) is 4.79 Å². The molecule has 0 radical (unpaired) electrons. The van der Waals surface area contributed by atoms with E-state index in [0.717, 1.165) is 5.56 Å². The molecule has 0 bridgehead atoms. The van der Waals surface area contributed by atoms with Gasteiger partial charge in [-0.25, -0.2) is 0 Å². The van der Waals surface area contributed by atoms with Crippen molar-refractivity contribution in [2.24, 2.45) is 0 Å². The topological polar surface area (TPSA) is 62.5 Å². The third-order valence-corrected chi connectivity index (χ3v) is 2.39. The zero-order valence-electron chi connectivity index (χ0n) is 9.17. The molecule has 0 unspecified atom stereocenters. The molecule has 1 aromatic heterocycles. The summed E-state index contributed by atoms with van der Waals surface area (Å²) in [5, 5.41) is 12.4. The Bertz CT molecular complexity index is 465. The second-order valence-electron chi connectivity index (χ2n) is 3.61. The van der Waals surface area contributed by atoms with Crippen molar-refractivity contribution in [2.75, 3.05) is 6.54 Å². The van der Waals surface area contributed by atoms with E-state index in [1.807, 2.05) is 30.3 Å². The number of hydrogen-bond donors (Lipinski definition) is 2. The van der Waals surface area contributed by atoms with Crippen LogP contribution in [0.1, 0.15) is 22.2 Å². The highest BCUT2D eigenvalue weighted by molar-refractivity contribution is 5.91. The number of nitrogens with one attached hydrogen (secondary N) is 1. The molecule has 2 aromatic rings. The fraction of sp³-hybridized carbons (Fsp3) is 0.154. The number of benzene rings is 1. The molecule has 88 valence electrons. The lowest BCUT2D eigenvalue weighted by Crippen LogP contribution is -2.27. The zero-order valence-corrected chi connectivity index (χ0v) is 9.17. The smallest absolute Gasteiger partial charge is 0.287 e. The first-order valence-electron chi connectivity index (χ1n) is 5.32. The first-order valence-corrected chi connectivity index (χ1v) is 5.32. The van der Waals surface area contributed by atoms with E-state index in [1.165, 1.54) is 6.26 Å². The lowest BCUT2D eigenvalue weighted by molar-refractivity contribution is 0.0889. The zero-order chi connectivity index (χ0) is 12.1. The third-order valence-electron chi connectivity index (χ3n) is 2.39. The van der Waals surface area contributed by atoms with Crippen LogP contribution >= 0.6 is 0 Å². The van der Waals surface area contributed by atoms with E-state index in [9.17, 15) is 9.90 Å². The molecule has 4 nitrogen and oxygen atoms in total. The highest BCUT2D eigenvalue weighted by Crippen LogP contribution is 2.10. The molecule has 0 saturated heterocycles. The summed E-state index contributed by atoms with van der Waals surface area (Å²) in [6, 6.07) is 12.4. The number of carbonyl (C=O) groups excluding carboxylic acids is 1. The van der Waals surface area contributed by atoms with Crippen molar-refractivity contribution in [3.05, 3.63) is 60.1 Å². The number of aliphatic hydroxyl groups is 1. The van der Waals surface area contributed by atoms with Gasteiger partial charge in [0.25, 0.3) is 5.91 Å². The molecule has 4 heteroatoms. The largest absolute Gasteiger partial charge is 0.459 e. The minimum atomic E-state index is -0.713. The average molecular weight is 231 g/mol. The van der Waals surface area contributed by atoms with Gasteiger partial charge in [-0.05, 0) is 17.7 Å². The molecule has 2 N–H and O–H groups in total. The summed E-state index contributed by atoms with van der Waals surface area (Å²) in [5.74, 6) is -0.0877. The maximum absolute atomic E-state index is 11.5. The SMILES string of the molecule is O=C(NC[C@H](O)c1ccccc1)c1ccco1. The van der Waals surface area contributed by atoms with Crippen molar-refractivity contribution < 1.29 is 14.3 Å². The third kappa shape index (κ3) is 2.95. The van der Waals surface area contributed by atoms with E-state index in [4.69, 9.17) is 4.42 Å². The molecule has 1 aromatic carbocycles. The van der Waals surface area contributed by atoms with Crippen molar-refractivity contribution in [3.8, 4) is 0 Å². The van der Waals surface area contributed by atoms with Gasteiger partial charge in [-0.2, -0.15) is 0 Å². The molecule has 0 spiro atoms. The van der Waals surface area contributed by atoms with Crippen molar-refractivity contribution >= 4 is 5.91 Å². The van der Waals surface area contributed by atoms with Crippen LogP contribution in [0.2, 0.25) is 0 Å². The molecule has 1 amide bonds. The fourth-order valence-corrected chi connectivity index (χ4v) is 1.48. The summed E-state index contributed by atoms with van der Waals surface area (Å²) < 4.78 is 4.94. The molecule has 0 aliphatic heterocycles. The van der Waals surface area contributed by atoms with E-state index < -0.39 is 6.10 Å². The van der Waals surface area contributed by atoms with E-state index in [0.29, 0.717) is 0 Å². The van der Waals surface area contributed by atoms with Gasteiger partial charge in [-0.1, -0.05) is 30.3 Å². The Morgan fingerprint density at radius 2 is 2.00 bits per heavy atom. The van der Waals surface area contributed by atoms with Gasteiger partial charge in [0.2, 0.25) is 0 Å². The summed E-state index contributed by atoms with van der Waals surface area (Å²) in [4.78, 5) is 11.5. The van der Waals surface area contributed by atoms with Crippen molar-refractivity contribution in [1.82, 2.24) is 5.32 Å². The lowest BCUT2D eigenvalue weighted by Gasteiger charge is -2.11. The van der Waals surface area contributed by atoms with E-state index >= 15 is 0 Å². The van der Waals surface area contributed by atoms with Crippen LogP contribution in [-0.2, 0) is 0 Å². The Balaban J connectivity index is 1.89. The van der Waals surface area contributed by atoms with Crippen LogP contribution in [0.4, 0.5) is 0 Å². The molecule has 17 heavy (non-hydrogen) atoms. The van der Waals surface area contributed by atoms with E-state index in [1.54, 1.807) is 12.1 Å². The van der Waals surface area contributed by atoms with Gasteiger partial charge in [-0.15, -0.1) is 0 Å². The van der Waals surface area contributed by atoms with E-state index in [-0.39, 0.29) is 18.2 Å². The quantitative estimate of drug-likeness (QED) is 0.842. The predicted molar refractivity (Wildman–Crippen MR) is 62.4 cm³/mol. The standard InChI is InChI=1S/C13H13NO3/c15-11(10-5-2-1-3-6-10)9-14-13(16)12-7-4-8-17-12/h1-8,11,15H,9H2,(H,14,16)/t11-/m0/s1. The molecular weight excluding hydrogens is 218 g/mol. The Kier molecular flexibility index (Phi) is 3.57. The maximum Gasteiger partial charge on any atom is 0.287 e. The molecule has 2 rings (SSSR count). The summed E-state index contributed by atoms with van der Waals surface area (Å²) >= 11 is 0. The van der Waals surface area contributed by atoms with Crippen molar-refractivity contribution in [3.63, 3.8) is 0 Å². The van der Waals surface area contributed by atoms with Gasteiger partial charge in [0.1, 0.15) is 0 Å². The van der Waals surface area contributed by atoms with Crippen LogP contribution in [0.5, 0.6) is 0 Å². The maximum atomic E-state index is 11.5. The predicted octanol–water partition coefficient (Wildman–Crippen LogP) is 1.74. The van der Waals surface area contributed by atoms with Crippen LogP contribution < -0.4 is 5.32 Å². The van der Waals surface area contributed by atoms with Crippen LogP contribution in [0.15, 0.2) is 53.1 Å². The van der Waals surface area contributed by atoms with Gasteiger partial charge >= 0.3 is 0 Å². The number of carbonyl (C=O) groups is 1. The summed E-state index contributed by atoms with van der Waals surface area (Å²) in [5.41, 5.74) is 0.771. The van der Waals surface area contributed by atoms with Gasteiger partial charge < -0.3 is 14.8 Å². The normalized spacial score (nSPS) is 12.1. The molecule has 0 fully saturated rings. The average Bonchev–Trinajstić information content (AvgIpc) is 2.90. The second kappa shape index (κ2) is 5.32. The lowest BCUT2D eigenvalue weighted by atomic mass is 10.1. The number of furan rings is 1. The highest BCUT2D eigenvalue weighted by atomic mass is 16.3. The van der Waals surface area contributed by atoms with Crippen molar-refractivity contribution in [1.29, 1.82) is 0 Å². The number of amides is 1. The van der Waals surface area contributed by atoms with Crippen LogP contribution in [0.25, 0.3) is 0 Å². The Morgan fingerprint density at radius 3 is 2.65 bits per heavy atom. The molecule has 1 heterocycles. The molecule has 0 aliphatic rings. The Hall–Kier alpha value is -2.07. The second-order valence-corrected chi connectivity index (χ2v) is 3.61. The van der Waals surface area contributed by atoms with Gasteiger partial charge in [0.15, 0.2) is 5.76 Å². The first kappa shape index (κ1) is 11.4. The highest BCUT2D eigenvalue weighted by Gasteiger charge is 2.11. The first-order chi connectivity index (χ1) is 8.27. The van der Waals surface area contributed by atoms with Gasteiger partial charge in [0, 0.05) is 6.54 Å². The Morgan fingerprint density at radius 1 is 1.24 bits per heavy atom. The van der Waals surface area contributed by atoms with E-state index in [2.05, 4.69) is 5.32 Å². The molecular formula is C13H13NO3. The summed E-state index contributed by atoms with van der Waals surface area (Å²) in [6.07, 6.45) is 0.720. The summed E-state index contributed by atoms with van der Waals surface area (Å²) in [7, 11) is 0. The fourth-order valence-electron chi connectivity index (χ4n) is 1.48. The molecule has 1 atom stereocenters.